The van der Waals surface area contributed by atoms with E-state index in [1.807, 2.05) is 36.1 Å². The Bertz CT molecular complexity index is 721. The van der Waals surface area contributed by atoms with Gasteiger partial charge < -0.3 is 10.2 Å². The van der Waals surface area contributed by atoms with E-state index in [0.717, 1.165) is 24.5 Å². The molecular formula is C19H23N3O2S. The van der Waals surface area contributed by atoms with E-state index in [0.29, 0.717) is 18.0 Å². The number of thiophene rings is 1. The Balaban J connectivity index is 1.41. The summed E-state index contributed by atoms with van der Waals surface area (Å²) >= 11 is 1.44. The maximum atomic E-state index is 12.3. The number of rotatable bonds is 5. The Hall–Kier alpha value is -2.18. The smallest absolute Gasteiger partial charge is 0.261 e. The third-order valence-corrected chi connectivity index (χ3v) is 5.34. The molecule has 0 atom stereocenters. The lowest BCUT2D eigenvalue weighted by atomic mass is 10.2. The summed E-state index contributed by atoms with van der Waals surface area (Å²) in [6.07, 6.45) is 0. The second-order valence-electron chi connectivity index (χ2n) is 6.24. The largest absolute Gasteiger partial charge is 0.342 e. The summed E-state index contributed by atoms with van der Waals surface area (Å²) < 4.78 is 0. The molecule has 1 aromatic heterocycles. The Morgan fingerprint density at radius 3 is 2.40 bits per heavy atom. The van der Waals surface area contributed by atoms with Crippen molar-refractivity contribution in [3.05, 3.63) is 57.8 Å². The van der Waals surface area contributed by atoms with Gasteiger partial charge in [-0.3, -0.25) is 14.5 Å². The van der Waals surface area contributed by atoms with E-state index >= 15 is 0 Å². The molecule has 3 rings (SSSR count). The van der Waals surface area contributed by atoms with Crippen molar-refractivity contribution >= 4 is 23.2 Å². The summed E-state index contributed by atoms with van der Waals surface area (Å²) in [7, 11) is 0. The number of nitrogens with zero attached hydrogens (tertiary/aromatic N) is 2. The summed E-state index contributed by atoms with van der Waals surface area (Å²) in [5.41, 5.74) is 1.29. The van der Waals surface area contributed by atoms with Crippen molar-refractivity contribution in [3.8, 4) is 0 Å². The van der Waals surface area contributed by atoms with E-state index in [2.05, 4.69) is 22.3 Å². The zero-order chi connectivity index (χ0) is 17.6. The van der Waals surface area contributed by atoms with Gasteiger partial charge in [-0.15, -0.1) is 11.3 Å². The van der Waals surface area contributed by atoms with Crippen molar-refractivity contribution in [3.63, 3.8) is 0 Å². The average molecular weight is 357 g/mol. The fourth-order valence-electron chi connectivity index (χ4n) is 2.91. The molecule has 1 fully saturated rings. The number of piperazine rings is 1. The van der Waals surface area contributed by atoms with Crippen LogP contribution in [0.5, 0.6) is 0 Å². The quantitative estimate of drug-likeness (QED) is 0.892. The molecule has 5 nitrogen and oxygen atoms in total. The van der Waals surface area contributed by atoms with Gasteiger partial charge in [0.05, 0.1) is 11.4 Å². The predicted octanol–water partition coefficient (Wildman–Crippen LogP) is 2.13. The highest BCUT2D eigenvalue weighted by atomic mass is 32.1. The molecule has 1 N–H and O–H groups in total. The first-order valence-corrected chi connectivity index (χ1v) is 9.32. The van der Waals surface area contributed by atoms with E-state index in [4.69, 9.17) is 0 Å². The molecule has 0 unspecified atom stereocenters. The van der Waals surface area contributed by atoms with Crippen LogP contribution in [0.4, 0.5) is 0 Å². The van der Waals surface area contributed by atoms with E-state index in [1.165, 1.54) is 16.9 Å². The first-order valence-electron chi connectivity index (χ1n) is 8.50. The summed E-state index contributed by atoms with van der Waals surface area (Å²) in [6, 6.07) is 14.1. The van der Waals surface area contributed by atoms with Crippen molar-refractivity contribution < 1.29 is 9.59 Å². The summed E-state index contributed by atoms with van der Waals surface area (Å²) in [5.74, 6) is -0.185. The van der Waals surface area contributed by atoms with Crippen molar-refractivity contribution in [2.24, 2.45) is 0 Å². The molecule has 2 aromatic rings. The Morgan fingerprint density at radius 1 is 1.04 bits per heavy atom. The minimum Gasteiger partial charge on any atom is -0.342 e. The molecule has 1 aliphatic heterocycles. The number of carbonyl (C=O) groups is 2. The van der Waals surface area contributed by atoms with Crippen molar-refractivity contribution in [1.29, 1.82) is 0 Å². The molecule has 0 aliphatic carbocycles. The minimum atomic E-state index is -0.172. The molecule has 1 aromatic carbocycles. The third kappa shape index (κ3) is 4.90. The van der Waals surface area contributed by atoms with Gasteiger partial charge >= 0.3 is 0 Å². The molecule has 0 bridgehead atoms. The number of nitrogens with one attached hydrogen (secondary N) is 1. The van der Waals surface area contributed by atoms with Crippen LogP contribution in [-0.2, 0) is 11.3 Å². The van der Waals surface area contributed by atoms with E-state index in [1.54, 1.807) is 6.07 Å². The Labute approximate surface area is 152 Å². The molecule has 1 saturated heterocycles. The van der Waals surface area contributed by atoms with E-state index in [-0.39, 0.29) is 18.4 Å². The lowest BCUT2D eigenvalue weighted by Crippen LogP contribution is -2.50. The number of carbonyl (C=O) groups excluding carboxylic acids is 2. The zero-order valence-electron chi connectivity index (χ0n) is 14.4. The lowest BCUT2D eigenvalue weighted by molar-refractivity contribution is -0.131. The van der Waals surface area contributed by atoms with Gasteiger partial charge in [0.2, 0.25) is 5.91 Å². The van der Waals surface area contributed by atoms with Crippen LogP contribution in [-0.4, -0.2) is 54.3 Å². The highest BCUT2D eigenvalue weighted by Gasteiger charge is 2.21. The summed E-state index contributed by atoms with van der Waals surface area (Å²) in [6.45, 7) is 6.07. The molecule has 0 saturated carbocycles. The third-order valence-electron chi connectivity index (χ3n) is 4.34. The fourth-order valence-corrected chi connectivity index (χ4v) is 3.69. The van der Waals surface area contributed by atoms with Gasteiger partial charge in [-0.25, -0.2) is 0 Å². The second kappa shape index (κ2) is 8.27. The monoisotopic (exact) mass is 357 g/mol. The molecule has 25 heavy (non-hydrogen) atoms. The first kappa shape index (κ1) is 17.6. The topological polar surface area (TPSA) is 52.7 Å². The van der Waals surface area contributed by atoms with E-state index in [9.17, 15) is 9.59 Å². The van der Waals surface area contributed by atoms with Crippen LogP contribution in [0.15, 0.2) is 42.5 Å². The minimum absolute atomic E-state index is 0.0130. The molecule has 2 heterocycles. The van der Waals surface area contributed by atoms with Gasteiger partial charge in [0.15, 0.2) is 0 Å². The summed E-state index contributed by atoms with van der Waals surface area (Å²) in [4.78, 5) is 30.2. The average Bonchev–Trinajstić information content (AvgIpc) is 3.07. The molecule has 1 aliphatic rings. The molecule has 6 heteroatoms. The van der Waals surface area contributed by atoms with Crippen LogP contribution in [0, 0.1) is 6.92 Å². The van der Waals surface area contributed by atoms with Crippen LogP contribution in [0.25, 0.3) is 0 Å². The van der Waals surface area contributed by atoms with Gasteiger partial charge in [0, 0.05) is 37.6 Å². The van der Waals surface area contributed by atoms with Crippen molar-refractivity contribution in [2.45, 2.75) is 13.5 Å². The van der Waals surface area contributed by atoms with E-state index < -0.39 is 0 Å². The Kier molecular flexibility index (Phi) is 5.83. The highest BCUT2D eigenvalue weighted by Crippen LogP contribution is 2.14. The number of hydrogen-bond acceptors (Lipinski definition) is 4. The molecule has 2 amide bonds. The van der Waals surface area contributed by atoms with Gasteiger partial charge in [0.25, 0.3) is 5.91 Å². The predicted molar refractivity (Wildman–Crippen MR) is 99.7 cm³/mol. The summed E-state index contributed by atoms with van der Waals surface area (Å²) in [5, 5.41) is 2.73. The van der Waals surface area contributed by atoms with Crippen molar-refractivity contribution in [2.75, 3.05) is 32.7 Å². The van der Waals surface area contributed by atoms with Gasteiger partial charge in [-0.2, -0.15) is 0 Å². The normalized spacial score (nSPS) is 15.2. The SMILES string of the molecule is Cc1ccc(C(=O)NCC(=O)N2CCN(Cc3ccccc3)CC2)s1. The zero-order valence-corrected chi connectivity index (χ0v) is 15.2. The van der Waals surface area contributed by atoms with Crippen LogP contribution >= 0.6 is 11.3 Å². The molecule has 132 valence electrons. The number of hydrogen-bond donors (Lipinski definition) is 1. The van der Waals surface area contributed by atoms with Crippen LogP contribution in [0.2, 0.25) is 0 Å². The van der Waals surface area contributed by atoms with Crippen molar-refractivity contribution in [1.82, 2.24) is 15.1 Å². The van der Waals surface area contributed by atoms with Gasteiger partial charge in [-0.05, 0) is 24.6 Å². The highest BCUT2D eigenvalue weighted by molar-refractivity contribution is 7.13. The van der Waals surface area contributed by atoms with Gasteiger partial charge in [-0.1, -0.05) is 30.3 Å². The molecule has 0 spiro atoms. The first-order chi connectivity index (χ1) is 12.1. The van der Waals surface area contributed by atoms with Crippen LogP contribution in [0.1, 0.15) is 20.1 Å². The maximum Gasteiger partial charge on any atom is 0.261 e. The number of aryl methyl sites for hydroxylation is 1. The number of benzene rings is 1. The molecular weight excluding hydrogens is 334 g/mol. The number of amides is 2. The van der Waals surface area contributed by atoms with Crippen LogP contribution in [0.3, 0.4) is 0 Å². The van der Waals surface area contributed by atoms with Crippen LogP contribution < -0.4 is 5.32 Å². The fraction of sp³-hybridized carbons (Fsp3) is 0.368. The molecule has 0 radical (unpaired) electrons. The lowest BCUT2D eigenvalue weighted by Gasteiger charge is -2.34. The Morgan fingerprint density at radius 2 is 1.76 bits per heavy atom. The second-order valence-corrected chi connectivity index (χ2v) is 7.52. The standard InChI is InChI=1S/C19H23N3O2S/c1-15-7-8-17(25-15)19(24)20-13-18(23)22-11-9-21(10-12-22)14-16-5-3-2-4-6-16/h2-8H,9-14H2,1H3,(H,20,24). The maximum absolute atomic E-state index is 12.3. The van der Waals surface area contributed by atoms with Gasteiger partial charge in [0.1, 0.15) is 0 Å².